The summed E-state index contributed by atoms with van der Waals surface area (Å²) in [6.07, 6.45) is 1.37. The molecule has 2 bridgehead atoms. The second-order valence-electron chi connectivity index (χ2n) is 2.97. The maximum atomic E-state index is 12.6. The lowest BCUT2D eigenvalue weighted by Gasteiger charge is -2.20. The lowest BCUT2D eigenvalue weighted by molar-refractivity contribution is -0.0816. The van der Waals surface area contributed by atoms with E-state index in [4.69, 9.17) is 0 Å². The Balaban J connectivity index is 2.35. The molecule has 2 rings (SSSR count). The molecule has 2 aliphatic rings. The summed E-state index contributed by atoms with van der Waals surface area (Å²) in [5.41, 5.74) is 0. The fourth-order valence-electron chi connectivity index (χ4n) is 1.72. The fraction of sp³-hybridized carbons (Fsp3) is 0.714. The van der Waals surface area contributed by atoms with Crippen molar-refractivity contribution < 1.29 is 13.2 Å². The Morgan fingerprint density at radius 3 is 2.30 bits per heavy atom. The SMILES string of the molecule is FC1C2C=CC(C2)C1(F)F. The van der Waals surface area contributed by atoms with Gasteiger partial charge >= 0.3 is 0 Å². The molecule has 3 unspecified atom stereocenters. The number of allylic oxidation sites excluding steroid dienone is 2. The topological polar surface area (TPSA) is 0 Å². The molecule has 10 heavy (non-hydrogen) atoms. The minimum Gasteiger partial charge on any atom is -0.240 e. The van der Waals surface area contributed by atoms with Crippen LogP contribution in [-0.2, 0) is 0 Å². The van der Waals surface area contributed by atoms with Gasteiger partial charge in [-0.05, 0) is 6.42 Å². The van der Waals surface area contributed by atoms with Gasteiger partial charge < -0.3 is 0 Å². The Hall–Kier alpha value is -0.470. The summed E-state index contributed by atoms with van der Waals surface area (Å²) in [4.78, 5) is 0. The first-order chi connectivity index (χ1) is 4.62. The largest absolute Gasteiger partial charge is 0.285 e. The van der Waals surface area contributed by atoms with Crippen molar-refractivity contribution in [3.63, 3.8) is 0 Å². The second kappa shape index (κ2) is 1.57. The van der Waals surface area contributed by atoms with Crippen molar-refractivity contribution in [2.24, 2.45) is 11.8 Å². The predicted octanol–water partition coefficient (Wildman–Crippen LogP) is 2.17. The van der Waals surface area contributed by atoms with Gasteiger partial charge in [-0.1, -0.05) is 12.2 Å². The summed E-state index contributed by atoms with van der Waals surface area (Å²) in [6, 6.07) is 0. The first kappa shape index (κ1) is 6.25. The molecule has 0 heterocycles. The van der Waals surface area contributed by atoms with Gasteiger partial charge in [-0.3, -0.25) is 0 Å². The van der Waals surface area contributed by atoms with Crippen LogP contribution in [0.1, 0.15) is 6.42 Å². The van der Waals surface area contributed by atoms with Crippen LogP contribution < -0.4 is 0 Å². The summed E-state index contributed by atoms with van der Waals surface area (Å²) < 4.78 is 37.8. The zero-order valence-electron chi connectivity index (χ0n) is 5.23. The fourth-order valence-corrected chi connectivity index (χ4v) is 1.72. The van der Waals surface area contributed by atoms with E-state index >= 15 is 0 Å². The van der Waals surface area contributed by atoms with Crippen LogP contribution in [0.4, 0.5) is 13.2 Å². The van der Waals surface area contributed by atoms with Gasteiger partial charge in [-0.15, -0.1) is 0 Å². The van der Waals surface area contributed by atoms with Crippen LogP contribution in [0.15, 0.2) is 12.2 Å². The average Bonchev–Trinajstić information content (AvgIpc) is 2.37. The number of hydrogen-bond donors (Lipinski definition) is 0. The smallest absolute Gasteiger partial charge is 0.240 e. The molecule has 0 aromatic heterocycles. The molecule has 3 atom stereocenters. The summed E-state index contributed by atoms with van der Waals surface area (Å²) >= 11 is 0. The minimum absolute atomic E-state index is 0.300. The van der Waals surface area contributed by atoms with Gasteiger partial charge in [-0.2, -0.15) is 0 Å². The van der Waals surface area contributed by atoms with Crippen LogP contribution in [0.3, 0.4) is 0 Å². The van der Waals surface area contributed by atoms with Crippen LogP contribution in [-0.4, -0.2) is 12.1 Å². The standard InChI is InChI=1S/C7H7F3/c8-6-4-1-2-5(3-4)7(6,9)10/h1-2,4-6H,3H2. The zero-order valence-corrected chi connectivity index (χ0v) is 5.23. The van der Waals surface area contributed by atoms with Crippen molar-refractivity contribution in [1.82, 2.24) is 0 Å². The Kier molecular flexibility index (Phi) is 0.984. The van der Waals surface area contributed by atoms with E-state index in [2.05, 4.69) is 0 Å². The van der Waals surface area contributed by atoms with Gasteiger partial charge in [0.15, 0.2) is 6.17 Å². The molecule has 0 radical (unpaired) electrons. The highest BCUT2D eigenvalue weighted by atomic mass is 19.3. The molecule has 3 heteroatoms. The van der Waals surface area contributed by atoms with E-state index in [1.165, 1.54) is 6.08 Å². The third-order valence-electron chi connectivity index (χ3n) is 2.35. The number of hydrogen-bond acceptors (Lipinski definition) is 0. The molecule has 56 valence electrons. The minimum atomic E-state index is -3.08. The zero-order chi connectivity index (χ0) is 7.35. The number of alkyl halides is 3. The Bertz CT molecular complexity index is 185. The molecular weight excluding hydrogens is 141 g/mol. The van der Waals surface area contributed by atoms with Crippen LogP contribution in [0.5, 0.6) is 0 Å². The average molecular weight is 148 g/mol. The lowest BCUT2D eigenvalue weighted by atomic mass is 10.0. The molecule has 0 N–H and O–H groups in total. The third kappa shape index (κ3) is 0.534. The van der Waals surface area contributed by atoms with Crippen molar-refractivity contribution in [3.8, 4) is 0 Å². The number of rotatable bonds is 0. The van der Waals surface area contributed by atoms with Crippen molar-refractivity contribution in [1.29, 1.82) is 0 Å². The van der Waals surface area contributed by atoms with Gasteiger partial charge in [0, 0.05) is 11.8 Å². The van der Waals surface area contributed by atoms with Gasteiger partial charge in [-0.25, -0.2) is 13.2 Å². The molecule has 0 saturated heterocycles. The van der Waals surface area contributed by atoms with Crippen LogP contribution >= 0.6 is 0 Å². The van der Waals surface area contributed by atoms with Gasteiger partial charge in [0.1, 0.15) is 0 Å². The van der Waals surface area contributed by atoms with E-state index in [9.17, 15) is 13.2 Å². The molecule has 1 fully saturated rings. The monoisotopic (exact) mass is 148 g/mol. The molecule has 0 spiro atoms. The maximum Gasteiger partial charge on any atom is 0.285 e. The normalized spacial score (nSPS) is 48.5. The number of fused-ring (bicyclic) bond motifs is 2. The maximum absolute atomic E-state index is 12.6. The van der Waals surface area contributed by atoms with Crippen LogP contribution in [0.2, 0.25) is 0 Å². The van der Waals surface area contributed by atoms with E-state index in [1.54, 1.807) is 6.08 Å². The van der Waals surface area contributed by atoms with E-state index in [1.807, 2.05) is 0 Å². The Labute approximate surface area is 56.7 Å². The van der Waals surface area contributed by atoms with Crippen molar-refractivity contribution >= 4 is 0 Å². The Morgan fingerprint density at radius 2 is 2.00 bits per heavy atom. The van der Waals surface area contributed by atoms with Crippen molar-refractivity contribution in [3.05, 3.63) is 12.2 Å². The molecule has 0 nitrogen and oxygen atoms in total. The number of halogens is 3. The van der Waals surface area contributed by atoms with Crippen LogP contribution in [0, 0.1) is 11.8 Å². The molecule has 0 aromatic carbocycles. The predicted molar refractivity (Wildman–Crippen MR) is 30.6 cm³/mol. The van der Waals surface area contributed by atoms with E-state index in [0.29, 0.717) is 6.42 Å². The molecule has 2 aliphatic carbocycles. The van der Waals surface area contributed by atoms with Gasteiger partial charge in [0.2, 0.25) is 0 Å². The van der Waals surface area contributed by atoms with Crippen LogP contribution in [0.25, 0.3) is 0 Å². The van der Waals surface area contributed by atoms with Crippen molar-refractivity contribution in [2.45, 2.75) is 18.5 Å². The van der Waals surface area contributed by atoms with E-state index in [0.717, 1.165) is 0 Å². The third-order valence-corrected chi connectivity index (χ3v) is 2.35. The highest BCUT2D eigenvalue weighted by Crippen LogP contribution is 2.51. The van der Waals surface area contributed by atoms with E-state index in [-0.39, 0.29) is 0 Å². The molecule has 0 aliphatic heterocycles. The molecular formula is C7H7F3. The van der Waals surface area contributed by atoms with Crippen molar-refractivity contribution in [2.75, 3.05) is 0 Å². The molecule has 1 saturated carbocycles. The summed E-state index contributed by atoms with van der Waals surface area (Å²) in [6.45, 7) is 0. The summed E-state index contributed by atoms with van der Waals surface area (Å²) in [5, 5.41) is 0. The van der Waals surface area contributed by atoms with E-state index < -0.39 is 23.9 Å². The second-order valence-corrected chi connectivity index (χ2v) is 2.97. The highest BCUT2D eigenvalue weighted by Gasteiger charge is 2.58. The Morgan fingerprint density at radius 1 is 1.30 bits per heavy atom. The molecule has 0 aromatic rings. The first-order valence-corrected chi connectivity index (χ1v) is 3.32. The van der Waals surface area contributed by atoms with Gasteiger partial charge in [0.05, 0.1) is 0 Å². The quantitative estimate of drug-likeness (QED) is 0.462. The van der Waals surface area contributed by atoms with Gasteiger partial charge in [0.25, 0.3) is 5.92 Å². The molecule has 0 amide bonds. The first-order valence-electron chi connectivity index (χ1n) is 3.32. The summed E-state index contributed by atoms with van der Waals surface area (Å²) in [7, 11) is 0. The highest BCUT2D eigenvalue weighted by molar-refractivity contribution is 5.18. The lowest BCUT2D eigenvalue weighted by Crippen LogP contribution is -2.33. The summed E-state index contributed by atoms with van der Waals surface area (Å²) in [5.74, 6) is -4.42.